The summed E-state index contributed by atoms with van der Waals surface area (Å²) in [5.41, 5.74) is 0. The molecule has 1 aliphatic rings. The van der Waals surface area contributed by atoms with E-state index in [-0.39, 0.29) is 6.10 Å². The van der Waals surface area contributed by atoms with Crippen LogP contribution >= 0.6 is 0 Å². The van der Waals surface area contributed by atoms with E-state index in [0.29, 0.717) is 17.9 Å². The van der Waals surface area contributed by atoms with Crippen molar-refractivity contribution in [1.82, 2.24) is 19.9 Å². The van der Waals surface area contributed by atoms with E-state index in [1.54, 1.807) is 0 Å². The molecule has 7 heteroatoms. The number of hydrogen-bond acceptors (Lipinski definition) is 7. The maximum absolute atomic E-state index is 5.93. The monoisotopic (exact) mass is 280 g/mol. The first-order chi connectivity index (χ1) is 9.58. The Kier molecular flexibility index (Phi) is 4.94. The van der Waals surface area contributed by atoms with Gasteiger partial charge >= 0.3 is 6.01 Å². The summed E-state index contributed by atoms with van der Waals surface area (Å²) in [5.74, 6) is 1.17. The zero-order chi connectivity index (χ0) is 14.5. The van der Waals surface area contributed by atoms with Gasteiger partial charge in [0.25, 0.3) is 0 Å². The summed E-state index contributed by atoms with van der Waals surface area (Å²) >= 11 is 0. The van der Waals surface area contributed by atoms with Crippen molar-refractivity contribution in [2.45, 2.75) is 25.9 Å². The minimum absolute atomic E-state index is 0.193. The molecule has 0 spiro atoms. The number of piperidine rings is 1. The van der Waals surface area contributed by atoms with Gasteiger partial charge in [0.15, 0.2) is 0 Å². The maximum Gasteiger partial charge on any atom is 0.323 e. The largest absolute Gasteiger partial charge is 0.460 e. The number of nitrogens with zero attached hydrogens (tertiary/aromatic N) is 5. The molecule has 1 fully saturated rings. The van der Waals surface area contributed by atoms with Crippen molar-refractivity contribution >= 4 is 11.9 Å². The lowest BCUT2D eigenvalue weighted by Gasteiger charge is -2.28. The quantitative estimate of drug-likeness (QED) is 0.857. The van der Waals surface area contributed by atoms with E-state index in [4.69, 9.17) is 4.74 Å². The number of anilines is 2. The van der Waals surface area contributed by atoms with E-state index < -0.39 is 0 Å². The molecule has 0 amide bonds. The maximum atomic E-state index is 5.93. The van der Waals surface area contributed by atoms with Crippen LogP contribution < -0.4 is 15.0 Å². The van der Waals surface area contributed by atoms with Crippen LogP contribution in [0.3, 0.4) is 0 Å². The SMILES string of the molecule is CCNc1nc(OC2CCN(C)CC2)nc(N(C)C)n1. The number of aromatic nitrogens is 3. The van der Waals surface area contributed by atoms with Crippen molar-refractivity contribution in [1.29, 1.82) is 0 Å². The van der Waals surface area contributed by atoms with Crippen LogP contribution in [0.4, 0.5) is 11.9 Å². The van der Waals surface area contributed by atoms with Crippen LogP contribution in [0.15, 0.2) is 0 Å². The second kappa shape index (κ2) is 6.69. The first-order valence-electron chi connectivity index (χ1n) is 7.11. The molecule has 7 nitrogen and oxygen atoms in total. The molecule has 0 saturated carbocycles. The minimum atomic E-state index is 0.193. The normalized spacial score (nSPS) is 17.0. The number of likely N-dealkylation sites (tertiary alicyclic amines) is 1. The highest BCUT2D eigenvalue weighted by molar-refractivity contribution is 5.36. The number of nitrogens with one attached hydrogen (secondary N) is 1. The van der Waals surface area contributed by atoms with Gasteiger partial charge in [0.1, 0.15) is 6.10 Å². The lowest BCUT2D eigenvalue weighted by Crippen LogP contribution is -2.36. The molecule has 1 N–H and O–H groups in total. The van der Waals surface area contributed by atoms with Crippen LogP contribution in [0.1, 0.15) is 19.8 Å². The molecule has 0 aromatic carbocycles. The zero-order valence-corrected chi connectivity index (χ0v) is 12.8. The van der Waals surface area contributed by atoms with E-state index >= 15 is 0 Å². The molecule has 0 atom stereocenters. The van der Waals surface area contributed by atoms with Crippen molar-refractivity contribution in [3.63, 3.8) is 0 Å². The molecule has 20 heavy (non-hydrogen) atoms. The van der Waals surface area contributed by atoms with Crippen LogP contribution in [0.25, 0.3) is 0 Å². The molecule has 1 saturated heterocycles. The Hall–Kier alpha value is -1.63. The average molecular weight is 280 g/mol. The Morgan fingerprint density at radius 3 is 2.55 bits per heavy atom. The van der Waals surface area contributed by atoms with Gasteiger partial charge in [-0.05, 0) is 26.8 Å². The Morgan fingerprint density at radius 1 is 1.25 bits per heavy atom. The standard InChI is InChI=1S/C13H24N6O/c1-5-14-11-15-12(18(2)3)17-13(16-11)20-10-6-8-19(4)9-7-10/h10H,5-9H2,1-4H3,(H,14,15,16,17). The van der Waals surface area contributed by atoms with Crippen LogP contribution in [0.2, 0.25) is 0 Å². The Bertz CT molecular complexity index is 431. The van der Waals surface area contributed by atoms with Gasteiger partial charge in [-0.2, -0.15) is 15.0 Å². The topological polar surface area (TPSA) is 66.4 Å². The van der Waals surface area contributed by atoms with Gasteiger partial charge in [-0.15, -0.1) is 0 Å². The van der Waals surface area contributed by atoms with Crippen LogP contribution in [-0.4, -0.2) is 66.7 Å². The van der Waals surface area contributed by atoms with Gasteiger partial charge in [0, 0.05) is 33.7 Å². The smallest absolute Gasteiger partial charge is 0.323 e. The predicted octanol–water partition coefficient (Wildman–Crippen LogP) is 0.842. The third-order valence-electron chi connectivity index (χ3n) is 3.28. The molecule has 1 aliphatic heterocycles. The average Bonchev–Trinajstić information content (AvgIpc) is 2.41. The van der Waals surface area contributed by atoms with E-state index in [1.807, 2.05) is 25.9 Å². The lowest BCUT2D eigenvalue weighted by molar-refractivity contribution is 0.105. The Balaban J connectivity index is 2.09. The summed E-state index contributed by atoms with van der Waals surface area (Å²) in [6.07, 6.45) is 2.21. The summed E-state index contributed by atoms with van der Waals surface area (Å²) < 4.78 is 5.93. The summed E-state index contributed by atoms with van der Waals surface area (Å²) in [6.45, 7) is 4.88. The minimum Gasteiger partial charge on any atom is -0.460 e. The second-order valence-corrected chi connectivity index (χ2v) is 5.29. The summed E-state index contributed by atoms with van der Waals surface area (Å²) in [4.78, 5) is 17.2. The molecular weight excluding hydrogens is 256 g/mol. The van der Waals surface area contributed by atoms with Crippen molar-refractivity contribution in [3.05, 3.63) is 0 Å². The molecule has 2 heterocycles. The fourth-order valence-electron chi connectivity index (χ4n) is 2.09. The molecule has 1 aromatic rings. The highest BCUT2D eigenvalue weighted by atomic mass is 16.5. The number of rotatable bonds is 5. The Morgan fingerprint density at radius 2 is 1.95 bits per heavy atom. The van der Waals surface area contributed by atoms with Gasteiger partial charge < -0.3 is 19.9 Å². The van der Waals surface area contributed by atoms with Gasteiger partial charge in [0.05, 0.1) is 0 Å². The fourth-order valence-corrected chi connectivity index (χ4v) is 2.09. The van der Waals surface area contributed by atoms with E-state index in [0.717, 1.165) is 32.5 Å². The zero-order valence-electron chi connectivity index (χ0n) is 12.8. The Labute approximate surface area is 120 Å². The van der Waals surface area contributed by atoms with Crippen molar-refractivity contribution in [2.75, 3.05) is 51.0 Å². The van der Waals surface area contributed by atoms with Crippen LogP contribution in [0.5, 0.6) is 6.01 Å². The van der Waals surface area contributed by atoms with Crippen molar-refractivity contribution < 1.29 is 4.74 Å². The highest BCUT2D eigenvalue weighted by Gasteiger charge is 2.20. The number of ether oxygens (including phenoxy) is 1. The van der Waals surface area contributed by atoms with Crippen molar-refractivity contribution in [2.24, 2.45) is 0 Å². The summed E-state index contributed by atoms with van der Waals surface area (Å²) in [7, 11) is 5.95. The summed E-state index contributed by atoms with van der Waals surface area (Å²) in [6, 6.07) is 0.411. The first kappa shape index (κ1) is 14.8. The molecule has 0 aliphatic carbocycles. The predicted molar refractivity (Wildman–Crippen MR) is 79.5 cm³/mol. The van der Waals surface area contributed by atoms with Crippen LogP contribution in [-0.2, 0) is 0 Å². The highest BCUT2D eigenvalue weighted by Crippen LogP contribution is 2.18. The summed E-state index contributed by atoms with van der Waals surface area (Å²) in [5, 5.41) is 3.11. The fraction of sp³-hybridized carbons (Fsp3) is 0.769. The molecule has 0 unspecified atom stereocenters. The number of hydrogen-bond donors (Lipinski definition) is 1. The van der Waals surface area contributed by atoms with Gasteiger partial charge in [0.2, 0.25) is 11.9 Å². The lowest BCUT2D eigenvalue weighted by atomic mass is 10.1. The first-order valence-corrected chi connectivity index (χ1v) is 7.11. The van der Waals surface area contributed by atoms with E-state index in [1.165, 1.54) is 0 Å². The molecular formula is C13H24N6O. The molecule has 1 aromatic heterocycles. The van der Waals surface area contributed by atoms with E-state index in [2.05, 4.69) is 32.2 Å². The molecule has 0 bridgehead atoms. The van der Waals surface area contributed by atoms with Crippen molar-refractivity contribution in [3.8, 4) is 6.01 Å². The molecule has 112 valence electrons. The van der Waals surface area contributed by atoms with Gasteiger partial charge in [-0.1, -0.05) is 0 Å². The molecule has 2 rings (SSSR count). The van der Waals surface area contributed by atoms with Crippen LogP contribution in [0, 0.1) is 0 Å². The van der Waals surface area contributed by atoms with Gasteiger partial charge in [-0.3, -0.25) is 0 Å². The molecule has 0 radical (unpaired) electrons. The van der Waals surface area contributed by atoms with E-state index in [9.17, 15) is 0 Å². The van der Waals surface area contributed by atoms with Gasteiger partial charge in [-0.25, -0.2) is 0 Å². The second-order valence-electron chi connectivity index (χ2n) is 5.29. The third kappa shape index (κ3) is 3.93. The third-order valence-corrected chi connectivity index (χ3v) is 3.28.